The van der Waals surface area contributed by atoms with Crippen LogP contribution in [0.15, 0.2) is 6.07 Å². The van der Waals surface area contributed by atoms with Gasteiger partial charge in [0, 0.05) is 19.1 Å². The summed E-state index contributed by atoms with van der Waals surface area (Å²) in [4.78, 5) is 14.6. The van der Waals surface area contributed by atoms with Crippen LogP contribution in [0, 0.1) is 6.92 Å². The van der Waals surface area contributed by atoms with E-state index in [0.717, 1.165) is 62.3 Å². The predicted molar refractivity (Wildman–Crippen MR) is 83.4 cm³/mol. The Balaban J connectivity index is 2.00. The summed E-state index contributed by atoms with van der Waals surface area (Å²) in [5, 5.41) is 11.8. The normalized spacial score (nSPS) is 16.2. The van der Waals surface area contributed by atoms with E-state index in [0.29, 0.717) is 6.04 Å². The number of piperidine rings is 1. The molecule has 2 rings (SSSR count). The number of nitrogens with one attached hydrogen (secondary N) is 1. The molecule has 1 aromatic heterocycles. The Labute approximate surface area is 127 Å². The first-order chi connectivity index (χ1) is 10.2. The van der Waals surface area contributed by atoms with Crippen LogP contribution < -0.4 is 5.32 Å². The van der Waals surface area contributed by atoms with Crippen molar-refractivity contribution in [2.24, 2.45) is 0 Å². The molecule has 1 N–H and O–H groups in total. The molecule has 5 nitrogen and oxygen atoms in total. The van der Waals surface area contributed by atoms with Gasteiger partial charge >= 0.3 is 0 Å². The highest BCUT2D eigenvalue weighted by Crippen LogP contribution is 2.16. The predicted octanol–water partition coefficient (Wildman–Crippen LogP) is 1.95. The van der Waals surface area contributed by atoms with Crippen LogP contribution >= 0.6 is 0 Å². The van der Waals surface area contributed by atoms with E-state index in [1.165, 1.54) is 0 Å². The fraction of sp³-hybridized carbons (Fsp3) is 0.688. The maximum absolute atomic E-state index is 12.7. The molecular formula is C16H26N4O. The zero-order valence-corrected chi connectivity index (χ0v) is 13.4. The lowest BCUT2D eigenvalue weighted by atomic mass is 10.0. The SMILES string of the molecule is CCCNC1CCN(C(=O)c2cc(C)nnc2CC)CC1. The van der Waals surface area contributed by atoms with Crippen molar-refractivity contribution in [3.05, 3.63) is 23.0 Å². The molecular weight excluding hydrogens is 264 g/mol. The second kappa shape index (κ2) is 7.50. The van der Waals surface area contributed by atoms with Crippen LogP contribution in [0.25, 0.3) is 0 Å². The van der Waals surface area contributed by atoms with E-state index in [9.17, 15) is 4.79 Å². The first-order valence-electron chi connectivity index (χ1n) is 8.01. The van der Waals surface area contributed by atoms with Crippen LogP contribution in [0.4, 0.5) is 0 Å². The molecule has 0 atom stereocenters. The van der Waals surface area contributed by atoms with Crippen LogP contribution in [-0.4, -0.2) is 46.7 Å². The molecule has 2 heterocycles. The number of rotatable bonds is 5. The van der Waals surface area contributed by atoms with Gasteiger partial charge in [0.25, 0.3) is 5.91 Å². The van der Waals surface area contributed by atoms with Crippen LogP contribution in [0.1, 0.15) is 54.9 Å². The maximum atomic E-state index is 12.7. The number of likely N-dealkylation sites (tertiary alicyclic amines) is 1. The van der Waals surface area contributed by atoms with Crippen molar-refractivity contribution in [3.8, 4) is 0 Å². The Morgan fingerprint density at radius 1 is 1.33 bits per heavy atom. The smallest absolute Gasteiger partial charge is 0.255 e. The Morgan fingerprint density at radius 2 is 2.05 bits per heavy atom. The molecule has 0 bridgehead atoms. The van der Waals surface area contributed by atoms with Gasteiger partial charge in [-0.05, 0) is 45.2 Å². The van der Waals surface area contributed by atoms with Gasteiger partial charge < -0.3 is 10.2 Å². The summed E-state index contributed by atoms with van der Waals surface area (Å²) in [6, 6.07) is 2.42. The molecule has 0 spiro atoms. The third-order valence-electron chi connectivity index (χ3n) is 4.02. The molecule has 0 radical (unpaired) electrons. The monoisotopic (exact) mass is 290 g/mol. The quantitative estimate of drug-likeness (QED) is 0.900. The first kappa shape index (κ1) is 15.9. The van der Waals surface area contributed by atoms with Crippen molar-refractivity contribution >= 4 is 5.91 Å². The van der Waals surface area contributed by atoms with Gasteiger partial charge in [0.05, 0.1) is 17.0 Å². The number of carbonyl (C=O) groups is 1. The van der Waals surface area contributed by atoms with Crippen molar-refractivity contribution in [3.63, 3.8) is 0 Å². The van der Waals surface area contributed by atoms with Crippen LogP contribution in [0.2, 0.25) is 0 Å². The number of carbonyl (C=O) groups excluding carboxylic acids is 1. The van der Waals surface area contributed by atoms with Gasteiger partial charge in [-0.2, -0.15) is 10.2 Å². The van der Waals surface area contributed by atoms with Crippen molar-refractivity contribution in [2.75, 3.05) is 19.6 Å². The van der Waals surface area contributed by atoms with Gasteiger partial charge in [0.2, 0.25) is 0 Å². The van der Waals surface area contributed by atoms with E-state index >= 15 is 0 Å². The fourth-order valence-electron chi connectivity index (χ4n) is 2.77. The molecule has 1 amide bonds. The molecule has 0 aliphatic carbocycles. The maximum Gasteiger partial charge on any atom is 0.255 e. The van der Waals surface area contributed by atoms with Gasteiger partial charge in [-0.15, -0.1) is 0 Å². The molecule has 1 aliphatic rings. The van der Waals surface area contributed by atoms with Crippen molar-refractivity contribution in [1.82, 2.24) is 20.4 Å². The summed E-state index contributed by atoms with van der Waals surface area (Å²) < 4.78 is 0. The molecule has 1 fully saturated rings. The highest BCUT2D eigenvalue weighted by Gasteiger charge is 2.25. The first-order valence-corrected chi connectivity index (χ1v) is 8.01. The number of amides is 1. The lowest BCUT2D eigenvalue weighted by Gasteiger charge is -2.32. The van der Waals surface area contributed by atoms with Crippen LogP contribution in [0.5, 0.6) is 0 Å². The zero-order valence-electron chi connectivity index (χ0n) is 13.4. The lowest BCUT2D eigenvalue weighted by molar-refractivity contribution is 0.0703. The Hall–Kier alpha value is -1.49. The topological polar surface area (TPSA) is 58.1 Å². The molecule has 1 aliphatic heterocycles. The van der Waals surface area contributed by atoms with E-state index in [1.807, 2.05) is 24.8 Å². The summed E-state index contributed by atoms with van der Waals surface area (Å²) in [7, 11) is 0. The number of hydrogen-bond acceptors (Lipinski definition) is 4. The summed E-state index contributed by atoms with van der Waals surface area (Å²) in [5.74, 6) is 0.110. The average molecular weight is 290 g/mol. The minimum atomic E-state index is 0.110. The van der Waals surface area contributed by atoms with Gasteiger partial charge in [0.1, 0.15) is 0 Å². The van der Waals surface area contributed by atoms with Crippen molar-refractivity contribution in [2.45, 2.75) is 52.5 Å². The third kappa shape index (κ3) is 4.00. The van der Waals surface area contributed by atoms with E-state index in [1.54, 1.807) is 0 Å². The second-order valence-electron chi connectivity index (χ2n) is 5.72. The number of hydrogen-bond donors (Lipinski definition) is 1. The number of aryl methyl sites for hydroxylation is 2. The Morgan fingerprint density at radius 3 is 2.67 bits per heavy atom. The van der Waals surface area contributed by atoms with Crippen LogP contribution in [-0.2, 0) is 6.42 Å². The largest absolute Gasteiger partial charge is 0.338 e. The van der Waals surface area contributed by atoms with Gasteiger partial charge in [-0.25, -0.2) is 0 Å². The van der Waals surface area contributed by atoms with E-state index in [4.69, 9.17) is 0 Å². The standard InChI is InChI=1S/C16H26N4O/c1-4-8-17-13-6-9-20(10-7-13)16(21)14-11-12(3)18-19-15(14)5-2/h11,13,17H,4-10H2,1-3H3. The Bertz CT molecular complexity index is 481. The number of nitrogens with zero attached hydrogens (tertiary/aromatic N) is 3. The second-order valence-corrected chi connectivity index (χ2v) is 5.72. The third-order valence-corrected chi connectivity index (χ3v) is 4.02. The van der Waals surface area contributed by atoms with E-state index in [-0.39, 0.29) is 5.91 Å². The van der Waals surface area contributed by atoms with E-state index in [2.05, 4.69) is 22.4 Å². The minimum Gasteiger partial charge on any atom is -0.338 e. The summed E-state index contributed by atoms with van der Waals surface area (Å²) in [6.07, 6.45) is 3.96. The van der Waals surface area contributed by atoms with Gasteiger partial charge in [-0.1, -0.05) is 13.8 Å². The van der Waals surface area contributed by atoms with Gasteiger partial charge in [-0.3, -0.25) is 4.79 Å². The zero-order chi connectivity index (χ0) is 15.2. The summed E-state index contributed by atoms with van der Waals surface area (Å²) >= 11 is 0. The average Bonchev–Trinajstić information content (AvgIpc) is 2.52. The lowest BCUT2D eigenvalue weighted by Crippen LogP contribution is -2.45. The van der Waals surface area contributed by atoms with E-state index < -0.39 is 0 Å². The molecule has 0 unspecified atom stereocenters. The minimum absolute atomic E-state index is 0.110. The molecule has 116 valence electrons. The molecule has 0 aromatic carbocycles. The Kier molecular flexibility index (Phi) is 5.67. The van der Waals surface area contributed by atoms with Crippen LogP contribution in [0.3, 0.4) is 0 Å². The molecule has 1 aromatic rings. The summed E-state index contributed by atoms with van der Waals surface area (Å²) in [5.41, 5.74) is 2.33. The fourth-order valence-corrected chi connectivity index (χ4v) is 2.77. The van der Waals surface area contributed by atoms with Gasteiger partial charge in [0.15, 0.2) is 0 Å². The highest BCUT2D eigenvalue weighted by molar-refractivity contribution is 5.95. The van der Waals surface area contributed by atoms with Crippen molar-refractivity contribution in [1.29, 1.82) is 0 Å². The molecule has 21 heavy (non-hydrogen) atoms. The number of aromatic nitrogens is 2. The molecule has 1 saturated heterocycles. The van der Waals surface area contributed by atoms with Crippen molar-refractivity contribution < 1.29 is 4.79 Å². The highest BCUT2D eigenvalue weighted by atomic mass is 16.2. The summed E-state index contributed by atoms with van der Waals surface area (Å²) in [6.45, 7) is 8.78. The molecule has 5 heteroatoms. The molecule has 0 saturated carbocycles.